The summed E-state index contributed by atoms with van der Waals surface area (Å²) in [6.07, 6.45) is 1.82. The van der Waals surface area contributed by atoms with Gasteiger partial charge in [-0.1, -0.05) is 0 Å². The van der Waals surface area contributed by atoms with Crippen LogP contribution >= 0.6 is 0 Å². The van der Waals surface area contributed by atoms with Crippen molar-refractivity contribution in [1.82, 2.24) is 0 Å². The molecule has 0 saturated carbocycles. The molecule has 0 aliphatic carbocycles. The van der Waals surface area contributed by atoms with Gasteiger partial charge in [0, 0.05) is 6.07 Å². The number of nitrogens with zero attached hydrogens (tertiary/aromatic N) is 1. The van der Waals surface area contributed by atoms with Crippen LogP contribution in [0.25, 0.3) is 6.08 Å². The number of rotatable bonds is 4. The van der Waals surface area contributed by atoms with E-state index in [1.807, 2.05) is 0 Å². The van der Waals surface area contributed by atoms with Gasteiger partial charge in [-0.05, 0) is 24.3 Å². The van der Waals surface area contributed by atoms with Gasteiger partial charge < -0.3 is 14.6 Å². The summed E-state index contributed by atoms with van der Waals surface area (Å²) in [5, 5.41) is 20.8. The molecule has 0 saturated heterocycles. The van der Waals surface area contributed by atoms with Gasteiger partial charge in [-0.15, -0.1) is 0 Å². The van der Waals surface area contributed by atoms with Crippen LogP contribution in [-0.2, 0) is 4.79 Å². The predicted octanol–water partition coefficient (Wildman–Crippen LogP) is 0.366. The lowest BCUT2D eigenvalue weighted by Crippen LogP contribution is -2.18. The van der Waals surface area contributed by atoms with Crippen LogP contribution in [0.15, 0.2) is 24.3 Å². The van der Waals surface area contributed by atoms with Gasteiger partial charge in [0.05, 0.1) is 23.6 Å². The molecule has 6 nitrogen and oxygen atoms in total. The van der Waals surface area contributed by atoms with Crippen molar-refractivity contribution in [2.75, 3.05) is 7.11 Å². The first-order valence-corrected chi connectivity index (χ1v) is 4.26. The van der Waals surface area contributed by atoms with Crippen molar-refractivity contribution in [3.05, 3.63) is 40.0 Å². The average Bonchev–Trinajstić information content (AvgIpc) is 2.25. The zero-order chi connectivity index (χ0) is 12.1. The molecule has 16 heavy (non-hydrogen) atoms. The van der Waals surface area contributed by atoms with Gasteiger partial charge >= 0.3 is 0 Å². The van der Waals surface area contributed by atoms with Crippen LogP contribution in [-0.4, -0.2) is 18.0 Å². The average molecular weight is 222 g/mol. The summed E-state index contributed by atoms with van der Waals surface area (Å²) in [6.45, 7) is 0. The van der Waals surface area contributed by atoms with E-state index in [0.717, 1.165) is 12.2 Å². The molecule has 0 amide bonds. The maximum absolute atomic E-state index is 10.6. The van der Waals surface area contributed by atoms with E-state index in [9.17, 15) is 20.0 Å². The van der Waals surface area contributed by atoms with Crippen molar-refractivity contribution >= 4 is 17.7 Å². The van der Waals surface area contributed by atoms with Crippen LogP contribution in [0.1, 0.15) is 5.56 Å². The monoisotopic (exact) mass is 222 g/mol. The summed E-state index contributed by atoms with van der Waals surface area (Å²) in [5.41, 5.74) is -0.0492. The summed E-state index contributed by atoms with van der Waals surface area (Å²) < 4.78 is 4.88. The number of carboxylic acids is 1. The lowest BCUT2D eigenvalue weighted by atomic mass is 10.1. The van der Waals surface area contributed by atoms with Gasteiger partial charge in [-0.25, -0.2) is 0 Å². The molecule has 0 N–H and O–H groups in total. The lowest BCUT2D eigenvalue weighted by Gasteiger charge is -2.02. The molecular weight excluding hydrogens is 214 g/mol. The molecule has 0 aromatic heterocycles. The van der Waals surface area contributed by atoms with Crippen LogP contribution < -0.4 is 9.84 Å². The number of nitro groups is 1. The van der Waals surface area contributed by atoms with E-state index >= 15 is 0 Å². The Balaban J connectivity index is 3.20. The zero-order valence-corrected chi connectivity index (χ0v) is 8.38. The number of methoxy groups -OCH3 is 1. The van der Waals surface area contributed by atoms with Crippen molar-refractivity contribution < 1.29 is 19.6 Å². The molecular formula is C10H8NO5-. The van der Waals surface area contributed by atoms with Crippen molar-refractivity contribution in [3.8, 4) is 5.75 Å². The van der Waals surface area contributed by atoms with Crippen LogP contribution in [0.4, 0.5) is 5.69 Å². The molecule has 0 radical (unpaired) electrons. The number of benzene rings is 1. The normalized spacial score (nSPS) is 10.3. The second-order valence-corrected chi connectivity index (χ2v) is 2.83. The van der Waals surface area contributed by atoms with Crippen molar-refractivity contribution in [2.45, 2.75) is 0 Å². The first-order chi connectivity index (χ1) is 7.54. The molecule has 0 fully saturated rings. The van der Waals surface area contributed by atoms with E-state index < -0.39 is 10.9 Å². The molecule has 6 heteroatoms. The fraction of sp³-hybridized carbons (Fsp3) is 0.100. The van der Waals surface area contributed by atoms with Gasteiger partial charge in [0.2, 0.25) is 0 Å². The largest absolute Gasteiger partial charge is 0.545 e. The van der Waals surface area contributed by atoms with E-state index in [1.165, 1.54) is 25.3 Å². The predicted molar refractivity (Wildman–Crippen MR) is 53.7 cm³/mol. The molecule has 0 aliphatic heterocycles. The number of hydrogen-bond acceptors (Lipinski definition) is 5. The molecule has 0 bridgehead atoms. The Labute approximate surface area is 90.9 Å². The molecule has 1 rings (SSSR count). The fourth-order valence-corrected chi connectivity index (χ4v) is 1.12. The first-order valence-electron chi connectivity index (χ1n) is 4.26. The fourth-order valence-electron chi connectivity index (χ4n) is 1.12. The van der Waals surface area contributed by atoms with E-state index in [4.69, 9.17) is 4.74 Å². The first kappa shape index (κ1) is 11.7. The highest BCUT2D eigenvalue weighted by Crippen LogP contribution is 2.24. The zero-order valence-electron chi connectivity index (χ0n) is 8.38. The molecule has 1 aromatic rings. The number of hydrogen-bond donors (Lipinski definition) is 0. The highest BCUT2D eigenvalue weighted by molar-refractivity contribution is 5.84. The van der Waals surface area contributed by atoms with Gasteiger partial charge in [0.1, 0.15) is 5.75 Å². The topological polar surface area (TPSA) is 92.5 Å². The highest BCUT2D eigenvalue weighted by Gasteiger charge is 2.11. The minimum absolute atomic E-state index is 0.147. The number of carbonyl (C=O) groups excluding carboxylic acids is 1. The van der Waals surface area contributed by atoms with Gasteiger partial charge in [0.25, 0.3) is 5.69 Å². The van der Waals surface area contributed by atoms with Gasteiger partial charge in [-0.2, -0.15) is 0 Å². The summed E-state index contributed by atoms with van der Waals surface area (Å²) in [7, 11) is 1.41. The van der Waals surface area contributed by atoms with E-state index in [1.54, 1.807) is 0 Å². The highest BCUT2D eigenvalue weighted by atomic mass is 16.6. The number of carbonyl (C=O) groups is 1. The van der Waals surface area contributed by atoms with Crippen molar-refractivity contribution in [3.63, 3.8) is 0 Å². The number of ether oxygens (including phenoxy) is 1. The van der Waals surface area contributed by atoms with Crippen molar-refractivity contribution in [2.24, 2.45) is 0 Å². The van der Waals surface area contributed by atoms with E-state index in [0.29, 0.717) is 5.75 Å². The number of aliphatic carboxylic acids is 1. The number of carboxylic acid groups (broad SMARTS) is 1. The van der Waals surface area contributed by atoms with Gasteiger partial charge in [0.15, 0.2) is 0 Å². The van der Waals surface area contributed by atoms with Crippen LogP contribution in [0.3, 0.4) is 0 Å². The summed E-state index contributed by atoms with van der Waals surface area (Å²) in [5.74, 6) is -1.01. The second kappa shape index (κ2) is 4.92. The Hall–Kier alpha value is -2.37. The lowest BCUT2D eigenvalue weighted by molar-refractivity contribution is -0.385. The third-order valence-corrected chi connectivity index (χ3v) is 1.83. The standard InChI is InChI=1S/C10H9NO5/c1-16-8-3-4-9(11(14)15)7(6-8)2-5-10(12)13/h2-6H,1H3,(H,12,13)/p-1/b5-2+. The third-order valence-electron chi connectivity index (χ3n) is 1.83. The third kappa shape index (κ3) is 2.81. The van der Waals surface area contributed by atoms with E-state index in [2.05, 4.69) is 0 Å². The van der Waals surface area contributed by atoms with Gasteiger partial charge in [-0.3, -0.25) is 10.1 Å². The summed E-state index contributed by atoms with van der Waals surface area (Å²) in [4.78, 5) is 20.2. The molecule has 0 atom stereocenters. The maximum Gasteiger partial charge on any atom is 0.276 e. The Morgan fingerprint density at radius 3 is 2.69 bits per heavy atom. The summed E-state index contributed by atoms with van der Waals surface area (Å²) >= 11 is 0. The molecule has 0 spiro atoms. The molecule has 1 aromatic carbocycles. The Morgan fingerprint density at radius 1 is 1.50 bits per heavy atom. The smallest absolute Gasteiger partial charge is 0.276 e. The molecule has 0 heterocycles. The molecule has 84 valence electrons. The quantitative estimate of drug-likeness (QED) is 0.416. The number of nitro benzene ring substituents is 1. The Kier molecular flexibility index (Phi) is 3.60. The Bertz CT molecular complexity index is 453. The minimum Gasteiger partial charge on any atom is -0.545 e. The van der Waals surface area contributed by atoms with Crippen LogP contribution in [0, 0.1) is 10.1 Å². The Morgan fingerprint density at radius 2 is 2.19 bits per heavy atom. The molecule has 0 unspecified atom stereocenters. The summed E-state index contributed by atoms with van der Waals surface area (Å²) in [6, 6.07) is 4.04. The second-order valence-electron chi connectivity index (χ2n) is 2.83. The van der Waals surface area contributed by atoms with Crippen molar-refractivity contribution in [1.29, 1.82) is 0 Å². The van der Waals surface area contributed by atoms with Crippen LogP contribution in [0.5, 0.6) is 5.75 Å². The minimum atomic E-state index is -1.42. The maximum atomic E-state index is 10.6. The van der Waals surface area contributed by atoms with Crippen LogP contribution in [0.2, 0.25) is 0 Å². The SMILES string of the molecule is COc1ccc([N+](=O)[O-])c(/C=C/C(=O)[O-])c1. The van der Waals surface area contributed by atoms with E-state index in [-0.39, 0.29) is 11.3 Å². The molecule has 0 aliphatic rings.